The number of benzene rings is 1. The Balaban J connectivity index is 2.23. The van der Waals surface area contributed by atoms with Gasteiger partial charge in [-0.3, -0.25) is 4.79 Å². The van der Waals surface area contributed by atoms with E-state index in [1.165, 1.54) is 4.90 Å². The van der Waals surface area contributed by atoms with Crippen LogP contribution < -0.4 is 4.90 Å². The van der Waals surface area contributed by atoms with Gasteiger partial charge in [0.05, 0.1) is 42.5 Å². The molecule has 0 aromatic heterocycles. The molecule has 0 saturated carbocycles. The third-order valence-corrected chi connectivity index (χ3v) is 5.46. The van der Waals surface area contributed by atoms with E-state index in [2.05, 4.69) is 14.1 Å². The Morgan fingerprint density at radius 3 is 2.60 bits per heavy atom. The highest BCUT2D eigenvalue weighted by Crippen LogP contribution is 2.43. The summed E-state index contributed by atoms with van der Waals surface area (Å²) in [4.78, 5) is 15.6. The number of nitrogens with one attached hydrogen (secondary N) is 1. The van der Waals surface area contributed by atoms with Crippen LogP contribution in [0.4, 0.5) is 0 Å². The molecular formula is C14H19Cl2N2OS+. The van der Waals surface area contributed by atoms with Crippen molar-refractivity contribution < 1.29 is 9.69 Å². The van der Waals surface area contributed by atoms with Gasteiger partial charge in [0.2, 0.25) is 5.91 Å². The molecule has 1 aliphatic rings. The van der Waals surface area contributed by atoms with Gasteiger partial charge in [0.25, 0.3) is 0 Å². The Morgan fingerprint density at radius 2 is 2.00 bits per heavy atom. The average molecular weight is 334 g/mol. The van der Waals surface area contributed by atoms with Crippen LogP contribution in [-0.4, -0.2) is 43.2 Å². The zero-order valence-electron chi connectivity index (χ0n) is 11.8. The lowest BCUT2D eigenvalue weighted by Crippen LogP contribution is -3.06. The second-order valence-electron chi connectivity index (χ2n) is 5.29. The smallest absolute Gasteiger partial charge is 0.236 e. The molecular weight excluding hydrogens is 315 g/mol. The van der Waals surface area contributed by atoms with Crippen molar-refractivity contribution in [3.8, 4) is 0 Å². The van der Waals surface area contributed by atoms with Crippen molar-refractivity contribution in [1.82, 2.24) is 4.90 Å². The summed E-state index contributed by atoms with van der Waals surface area (Å²) in [5, 5.41) is 1.11. The summed E-state index contributed by atoms with van der Waals surface area (Å²) in [7, 11) is 4.18. The molecule has 1 saturated heterocycles. The number of likely N-dealkylation sites (N-methyl/N-ethyl adjacent to an activating group) is 1. The Bertz CT molecular complexity index is 510. The van der Waals surface area contributed by atoms with E-state index in [-0.39, 0.29) is 16.5 Å². The van der Waals surface area contributed by atoms with Gasteiger partial charge >= 0.3 is 0 Å². The Morgan fingerprint density at radius 1 is 1.30 bits per heavy atom. The van der Waals surface area contributed by atoms with Gasteiger partial charge in [-0.2, -0.15) is 0 Å². The van der Waals surface area contributed by atoms with Gasteiger partial charge in [0, 0.05) is 0 Å². The predicted molar refractivity (Wildman–Crippen MR) is 85.6 cm³/mol. The second-order valence-corrected chi connectivity index (χ2v) is 7.53. The molecule has 0 unspecified atom stereocenters. The first-order chi connectivity index (χ1) is 9.40. The van der Waals surface area contributed by atoms with Crippen molar-refractivity contribution in [2.45, 2.75) is 17.5 Å². The van der Waals surface area contributed by atoms with Crippen LogP contribution in [0.15, 0.2) is 18.2 Å². The lowest BCUT2D eigenvalue weighted by molar-refractivity contribution is -0.857. The highest BCUT2D eigenvalue weighted by atomic mass is 35.5. The van der Waals surface area contributed by atoms with Gasteiger partial charge in [-0.25, -0.2) is 0 Å². The molecule has 1 aromatic carbocycles. The molecule has 1 aromatic rings. The maximum absolute atomic E-state index is 12.3. The van der Waals surface area contributed by atoms with Crippen LogP contribution in [-0.2, 0) is 4.79 Å². The van der Waals surface area contributed by atoms with Crippen LogP contribution in [0.2, 0.25) is 10.0 Å². The van der Waals surface area contributed by atoms with Crippen LogP contribution in [0.25, 0.3) is 0 Å². The number of rotatable bonds is 4. The van der Waals surface area contributed by atoms with E-state index in [0.29, 0.717) is 10.0 Å². The number of amides is 1. The molecule has 2 rings (SSSR count). The maximum Gasteiger partial charge on any atom is 0.236 e. The lowest BCUT2D eigenvalue weighted by atomic mass is 10.2. The topological polar surface area (TPSA) is 24.8 Å². The largest absolute Gasteiger partial charge is 0.338 e. The average Bonchev–Trinajstić information content (AvgIpc) is 2.67. The van der Waals surface area contributed by atoms with Gasteiger partial charge in [-0.1, -0.05) is 29.3 Å². The summed E-state index contributed by atoms with van der Waals surface area (Å²) in [5.74, 6) is 0.201. The molecule has 1 aliphatic heterocycles. The van der Waals surface area contributed by atoms with Gasteiger partial charge < -0.3 is 9.80 Å². The molecule has 20 heavy (non-hydrogen) atoms. The van der Waals surface area contributed by atoms with Crippen molar-refractivity contribution in [3.63, 3.8) is 0 Å². The predicted octanol–water partition coefficient (Wildman–Crippen LogP) is 2.10. The Labute approximate surface area is 134 Å². The molecule has 1 amide bonds. The zero-order chi connectivity index (χ0) is 14.9. The number of nitrogens with zero attached hydrogens (tertiary/aromatic N) is 1. The SMILES string of the molecule is C[C@@H]1S[C@@H](c2ccc(Cl)c(Cl)c2)N(CC[NH+](C)C)C1=O. The number of halogens is 2. The van der Waals surface area contributed by atoms with Crippen molar-refractivity contribution in [2.24, 2.45) is 0 Å². The zero-order valence-corrected chi connectivity index (χ0v) is 14.1. The molecule has 0 aliphatic carbocycles. The summed E-state index contributed by atoms with van der Waals surface area (Å²) < 4.78 is 0. The fourth-order valence-corrected chi connectivity index (χ4v) is 3.78. The minimum absolute atomic E-state index is 0.00776. The first-order valence-corrected chi connectivity index (χ1v) is 8.30. The Hall–Kier alpha value is -0.420. The number of quaternary nitrogens is 1. The summed E-state index contributed by atoms with van der Waals surface area (Å²) in [6.45, 7) is 3.64. The van der Waals surface area contributed by atoms with Gasteiger partial charge in [0.15, 0.2) is 0 Å². The van der Waals surface area contributed by atoms with Crippen molar-refractivity contribution in [3.05, 3.63) is 33.8 Å². The minimum atomic E-state index is -0.00776. The molecule has 1 fully saturated rings. The Kier molecular flexibility index (Phi) is 5.24. The highest BCUT2D eigenvalue weighted by molar-refractivity contribution is 8.01. The summed E-state index contributed by atoms with van der Waals surface area (Å²) in [5.41, 5.74) is 1.04. The summed E-state index contributed by atoms with van der Waals surface area (Å²) in [6.07, 6.45) is 0. The van der Waals surface area contributed by atoms with Crippen molar-refractivity contribution in [2.75, 3.05) is 27.2 Å². The third kappa shape index (κ3) is 3.42. The summed E-state index contributed by atoms with van der Waals surface area (Å²) >= 11 is 13.7. The quantitative estimate of drug-likeness (QED) is 0.912. The van der Waals surface area contributed by atoms with Crippen LogP contribution >= 0.6 is 35.0 Å². The van der Waals surface area contributed by atoms with Gasteiger partial charge in [-0.15, -0.1) is 11.8 Å². The highest BCUT2D eigenvalue weighted by Gasteiger charge is 2.38. The van der Waals surface area contributed by atoms with Crippen LogP contribution in [0.5, 0.6) is 0 Å². The fraction of sp³-hybridized carbons (Fsp3) is 0.500. The molecule has 110 valence electrons. The molecule has 1 heterocycles. The normalized spacial score (nSPS) is 22.9. The molecule has 3 nitrogen and oxygen atoms in total. The van der Waals surface area contributed by atoms with E-state index in [4.69, 9.17) is 23.2 Å². The molecule has 1 N–H and O–H groups in total. The van der Waals surface area contributed by atoms with E-state index in [1.54, 1.807) is 17.8 Å². The van der Waals surface area contributed by atoms with Crippen molar-refractivity contribution in [1.29, 1.82) is 0 Å². The minimum Gasteiger partial charge on any atom is -0.338 e. The first-order valence-electron chi connectivity index (χ1n) is 6.60. The van der Waals surface area contributed by atoms with E-state index >= 15 is 0 Å². The number of carbonyl (C=O) groups is 1. The monoisotopic (exact) mass is 333 g/mol. The molecule has 2 atom stereocenters. The van der Waals surface area contributed by atoms with Gasteiger partial charge in [-0.05, 0) is 24.6 Å². The standard InChI is InChI=1S/C14H18Cl2N2OS/c1-9-13(19)18(7-6-17(2)3)14(20-9)10-4-5-11(15)12(16)8-10/h4-5,8-9,14H,6-7H2,1-3H3/p+1/t9-,14-/m0/s1. The first kappa shape index (κ1) is 16.0. The molecule has 6 heteroatoms. The van der Waals surface area contributed by atoms with Crippen LogP contribution in [0.1, 0.15) is 17.9 Å². The number of thioether (sulfide) groups is 1. The third-order valence-electron chi connectivity index (χ3n) is 3.33. The van der Waals surface area contributed by atoms with E-state index in [0.717, 1.165) is 18.7 Å². The van der Waals surface area contributed by atoms with Gasteiger partial charge in [0.1, 0.15) is 5.37 Å². The summed E-state index contributed by atoms with van der Waals surface area (Å²) in [6, 6.07) is 5.61. The number of carbonyl (C=O) groups excluding carboxylic acids is 1. The maximum atomic E-state index is 12.3. The second kappa shape index (κ2) is 6.56. The van der Waals surface area contributed by atoms with E-state index in [9.17, 15) is 4.79 Å². The van der Waals surface area contributed by atoms with E-state index < -0.39 is 0 Å². The lowest BCUT2D eigenvalue weighted by Gasteiger charge is -2.24. The van der Waals surface area contributed by atoms with Crippen LogP contribution in [0, 0.1) is 0 Å². The van der Waals surface area contributed by atoms with Crippen LogP contribution in [0.3, 0.4) is 0 Å². The van der Waals surface area contributed by atoms with E-state index in [1.807, 2.05) is 24.0 Å². The number of hydrogen-bond acceptors (Lipinski definition) is 2. The molecule has 0 spiro atoms. The molecule has 0 radical (unpaired) electrons. The molecule has 0 bridgehead atoms. The fourth-order valence-electron chi connectivity index (χ4n) is 2.17. The number of hydrogen-bond donors (Lipinski definition) is 1. The van der Waals surface area contributed by atoms with Crippen molar-refractivity contribution >= 4 is 40.9 Å².